The van der Waals surface area contributed by atoms with E-state index in [2.05, 4.69) is 15.3 Å². The molecule has 1 heterocycles. The number of anilines is 1. The smallest absolute Gasteiger partial charge is 0.230 e. The summed E-state index contributed by atoms with van der Waals surface area (Å²) in [6.07, 6.45) is 3.39. The van der Waals surface area contributed by atoms with E-state index in [4.69, 9.17) is 9.47 Å². The quantitative estimate of drug-likeness (QED) is 0.857. The van der Waals surface area contributed by atoms with Crippen LogP contribution >= 0.6 is 0 Å². The first-order valence-corrected chi connectivity index (χ1v) is 5.72. The highest BCUT2D eigenvalue weighted by molar-refractivity contribution is 5.93. The normalized spacial score (nSPS) is 10.0. The average molecular weight is 261 g/mol. The molecule has 19 heavy (non-hydrogen) atoms. The van der Waals surface area contributed by atoms with Gasteiger partial charge in [0.15, 0.2) is 0 Å². The molecule has 2 rings (SSSR count). The largest absolute Gasteiger partial charge is 0.497 e. The van der Waals surface area contributed by atoms with Crippen molar-refractivity contribution in [2.45, 2.75) is 6.42 Å². The molecular formula is C13H15N3O3. The van der Waals surface area contributed by atoms with Gasteiger partial charge in [0.1, 0.15) is 11.5 Å². The Morgan fingerprint density at radius 3 is 2.84 bits per heavy atom. The van der Waals surface area contributed by atoms with Crippen LogP contribution in [0.2, 0.25) is 0 Å². The summed E-state index contributed by atoms with van der Waals surface area (Å²) in [7, 11) is 3.12. The van der Waals surface area contributed by atoms with Crippen LogP contribution in [-0.2, 0) is 11.2 Å². The third kappa shape index (κ3) is 3.25. The van der Waals surface area contributed by atoms with Gasteiger partial charge in [0, 0.05) is 18.0 Å². The molecule has 100 valence electrons. The second-order valence-corrected chi connectivity index (χ2v) is 3.87. The Labute approximate surface area is 110 Å². The number of carbonyl (C=O) groups excluding carboxylic acids is 1. The van der Waals surface area contributed by atoms with Crippen molar-refractivity contribution in [1.82, 2.24) is 9.97 Å². The van der Waals surface area contributed by atoms with Crippen LogP contribution in [0.15, 0.2) is 30.7 Å². The maximum atomic E-state index is 11.9. The molecule has 0 radical (unpaired) electrons. The topological polar surface area (TPSA) is 76.2 Å². The highest BCUT2D eigenvalue weighted by atomic mass is 16.5. The molecular weight excluding hydrogens is 246 g/mol. The molecule has 0 unspecified atom stereocenters. The molecule has 1 amide bonds. The second kappa shape index (κ2) is 5.90. The molecule has 0 aliphatic carbocycles. The Bertz CT molecular complexity index is 552. The van der Waals surface area contributed by atoms with Gasteiger partial charge in [0.25, 0.3) is 0 Å². The first-order chi connectivity index (χ1) is 9.22. The zero-order valence-electron chi connectivity index (χ0n) is 10.8. The standard InChI is InChI=1S/C13H15N3O3/c1-18-10-3-4-11(12(6-10)19-2)16-13(17)5-9-7-14-8-15-9/h3-4,6-8H,5H2,1-2H3,(H,14,15)(H,16,17). The minimum atomic E-state index is -0.146. The molecule has 0 atom stereocenters. The third-order valence-corrected chi connectivity index (χ3v) is 2.59. The number of methoxy groups -OCH3 is 2. The lowest BCUT2D eigenvalue weighted by Crippen LogP contribution is -2.15. The highest BCUT2D eigenvalue weighted by Crippen LogP contribution is 2.28. The van der Waals surface area contributed by atoms with E-state index in [0.717, 1.165) is 5.69 Å². The summed E-state index contributed by atoms with van der Waals surface area (Å²) in [5, 5.41) is 2.78. The molecule has 0 saturated heterocycles. The zero-order chi connectivity index (χ0) is 13.7. The van der Waals surface area contributed by atoms with E-state index >= 15 is 0 Å². The van der Waals surface area contributed by atoms with Crippen molar-refractivity contribution in [2.24, 2.45) is 0 Å². The summed E-state index contributed by atoms with van der Waals surface area (Å²) in [6.45, 7) is 0. The first-order valence-electron chi connectivity index (χ1n) is 5.72. The second-order valence-electron chi connectivity index (χ2n) is 3.87. The Morgan fingerprint density at radius 1 is 1.37 bits per heavy atom. The number of benzene rings is 1. The number of hydrogen-bond donors (Lipinski definition) is 2. The highest BCUT2D eigenvalue weighted by Gasteiger charge is 2.10. The van der Waals surface area contributed by atoms with Gasteiger partial charge in [-0.25, -0.2) is 4.98 Å². The lowest BCUT2D eigenvalue weighted by Gasteiger charge is -2.11. The van der Waals surface area contributed by atoms with Gasteiger partial charge in [-0.05, 0) is 12.1 Å². The number of amides is 1. The van der Waals surface area contributed by atoms with Crippen LogP contribution in [-0.4, -0.2) is 30.1 Å². The summed E-state index contributed by atoms with van der Waals surface area (Å²) in [4.78, 5) is 18.6. The van der Waals surface area contributed by atoms with Crippen molar-refractivity contribution in [3.8, 4) is 11.5 Å². The minimum Gasteiger partial charge on any atom is -0.497 e. The van der Waals surface area contributed by atoms with Crippen molar-refractivity contribution in [3.05, 3.63) is 36.4 Å². The predicted octanol–water partition coefficient (Wildman–Crippen LogP) is 1.61. The van der Waals surface area contributed by atoms with E-state index in [-0.39, 0.29) is 12.3 Å². The fourth-order valence-corrected chi connectivity index (χ4v) is 1.65. The van der Waals surface area contributed by atoms with Crippen LogP contribution in [0.4, 0.5) is 5.69 Å². The monoisotopic (exact) mass is 261 g/mol. The Balaban J connectivity index is 2.07. The lowest BCUT2D eigenvalue weighted by molar-refractivity contribution is -0.115. The van der Waals surface area contributed by atoms with Crippen LogP contribution in [0.5, 0.6) is 11.5 Å². The average Bonchev–Trinajstić information content (AvgIpc) is 2.91. The summed E-state index contributed by atoms with van der Waals surface area (Å²) in [6, 6.07) is 5.21. The third-order valence-electron chi connectivity index (χ3n) is 2.59. The molecule has 0 bridgehead atoms. The van der Waals surface area contributed by atoms with E-state index in [1.54, 1.807) is 38.6 Å². The minimum absolute atomic E-state index is 0.146. The number of aromatic amines is 1. The van der Waals surface area contributed by atoms with Crippen LogP contribution < -0.4 is 14.8 Å². The van der Waals surface area contributed by atoms with Crippen molar-refractivity contribution >= 4 is 11.6 Å². The van der Waals surface area contributed by atoms with Gasteiger partial charge >= 0.3 is 0 Å². The van der Waals surface area contributed by atoms with Crippen molar-refractivity contribution in [3.63, 3.8) is 0 Å². The molecule has 6 heteroatoms. The van der Waals surface area contributed by atoms with E-state index in [1.807, 2.05) is 0 Å². The molecule has 1 aromatic heterocycles. The predicted molar refractivity (Wildman–Crippen MR) is 70.5 cm³/mol. The molecule has 2 N–H and O–H groups in total. The lowest BCUT2D eigenvalue weighted by atomic mass is 10.2. The number of ether oxygens (including phenoxy) is 2. The van der Waals surface area contributed by atoms with Crippen LogP contribution in [0.3, 0.4) is 0 Å². The van der Waals surface area contributed by atoms with E-state index in [9.17, 15) is 4.79 Å². The Kier molecular flexibility index (Phi) is 4.02. The van der Waals surface area contributed by atoms with Crippen LogP contribution in [0.25, 0.3) is 0 Å². The number of carbonyl (C=O) groups is 1. The van der Waals surface area contributed by atoms with Gasteiger partial charge in [0.05, 0.1) is 32.7 Å². The molecule has 6 nitrogen and oxygen atoms in total. The molecule has 0 aliphatic rings. The molecule has 2 aromatic rings. The molecule has 0 aliphatic heterocycles. The first kappa shape index (κ1) is 12.9. The number of nitrogens with zero attached hydrogens (tertiary/aromatic N) is 1. The number of rotatable bonds is 5. The van der Waals surface area contributed by atoms with Gasteiger partial charge < -0.3 is 19.8 Å². The fourth-order valence-electron chi connectivity index (χ4n) is 1.65. The van der Waals surface area contributed by atoms with Gasteiger partial charge in [-0.2, -0.15) is 0 Å². The maximum absolute atomic E-state index is 11.9. The number of hydrogen-bond acceptors (Lipinski definition) is 4. The van der Waals surface area contributed by atoms with Crippen LogP contribution in [0.1, 0.15) is 5.69 Å². The van der Waals surface area contributed by atoms with Gasteiger partial charge in [-0.15, -0.1) is 0 Å². The van der Waals surface area contributed by atoms with Crippen molar-refractivity contribution < 1.29 is 14.3 Å². The van der Waals surface area contributed by atoms with E-state index < -0.39 is 0 Å². The number of nitrogens with one attached hydrogen (secondary N) is 2. The number of imidazole rings is 1. The molecule has 0 saturated carbocycles. The molecule has 0 spiro atoms. The SMILES string of the molecule is COc1ccc(NC(=O)Cc2cnc[nH]2)c(OC)c1. The summed E-state index contributed by atoms with van der Waals surface area (Å²) in [5.74, 6) is 1.08. The Morgan fingerprint density at radius 2 is 2.21 bits per heavy atom. The van der Waals surface area contributed by atoms with Crippen molar-refractivity contribution in [1.29, 1.82) is 0 Å². The fraction of sp³-hybridized carbons (Fsp3) is 0.231. The number of H-pyrrole nitrogens is 1. The maximum Gasteiger partial charge on any atom is 0.230 e. The van der Waals surface area contributed by atoms with E-state index in [1.165, 1.54) is 6.33 Å². The summed E-state index contributed by atoms with van der Waals surface area (Å²) >= 11 is 0. The number of aromatic nitrogens is 2. The van der Waals surface area contributed by atoms with Crippen LogP contribution in [0, 0.1) is 0 Å². The molecule has 0 fully saturated rings. The summed E-state index contributed by atoms with van der Waals surface area (Å²) < 4.78 is 10.3. The zero-order valence-corrected chi connectivity index (χ0v) is 10.8. The van der Waals surface area contributed by atoms with Crippen molar-refractivity contribution in [2.75, 3.05) is 19.5 Å². The van der Waals surface area contributed by atoms with E-state index in [0.29, 0.717) is 17.2 Å². The molecule has 1 aromatic carbocycles. The summed E-state index contributed by atoms with van der Waals surface area (Å²) in [5.41, 5.74) is 1.36. The van der Waals surface area contributed by atoms with Gasteiger partial charge in [-0.3, -0.25) is 4.79 Å². The Hall–Kier alpha value is -2.50. The van der Waals surface area contributed by atoms with Gasteiger partial charge in [0.2, 0.25) is 5.91 Å². The van der Waals surface area contributed by atoms with Gasteiger partial charge in [-0.1, -0.05) is 0 Å².